The van der Waals surface area contributed by atoms with Crippen molar-refractivity contribution in [3.63, 3.8) is 0 Å². The highest BCUT2D eigenvalue weighted by atomic mass is 19.3. The van der Waals surface area contributed by atoms with E-state index in [9.17, 15) is 13.6 Å². The Morgan fingerprint density at radius 2 is 2.24 bits per heavy atom. The Kier molecular flexibility index (Phi) is 4.68. The Morgan fingerprint density at radius 3 is 2.82 bits per heavy atom. The molecule has 0 aromatic heterocycles. The minimum atomic E-state index is -2.50. The van der Waals surface area contributed by atoms with Crippen LogP contribution in [-0.2, 0) is 4.74 Å². The summed E-state index contributed by atoms with van der Waals surface area (Å²) in [5, 5.41) is 2.47. The molecule has 1 rings (SSSR count). The van der Waals surface area contributed by atoms with E-state index in [0.29, 0.717) is 5.69 Å². The SMILES string of the molecule is CCOC(=O)c1cc(N)ccc1NCC(F)F. The van der Waals surface area contributed by atoms with Crippen LogP contribution in [-0.4, -0.2) is 25.5 Å². The Balaban J connectivity index is 2.91. The average molecular weight is 244 g/mol. The number of benzene rings is 1. The number of carbonyl (C=O) groups is 1. The number of nitrogen functional groups attached to an aromatic ring is 1. The number of nitrogens with one attached hydrogen (secondary N) is 1. The molecule has 0 saturated carbocycles. The summed E-state index contributed by atoms with van der Waals surface area (Å²) in [5.74, 6) is -0.587. The fourth-order valence-corrected chi connectivity index (χ4v) is 1.28. The molecule has 0 amide bonds. The smallest absolute Gasteiger partial charge is 0.340 e. The highest BCUT2D eigenvalue weighted by Crippen LogP contribution is 2.20. The average Bonchev–Trinajstić information content (AvgIpc) is 2.27. The lowest BCUT2D eigenvalue weighted by atomic mass is 10.1. The Hall–Kier alpha value is -1.85. The molecule has 17 heavy (non-hydrogen) atoms. The minimum Gasteiger partial charge on any atom is -0.462 e. The van der Waals surface area contributed by atoms with Gasteiger partial charge in [-0.15, -0.1) is 0 Å². The van der Waals surface area contributed by atoms with Crippen LogP contribution >= 0.6 is 0 Å². The van der Waals surface area contributed by atoms with Gasteiger partial charge in [0.25, 0.3) is 6.43 Å². The number of nitrogens with two attached hydrogens (primary N) is 1. The molecule has 0 fully saturated rings. The van der Waals surface area contributed by atoms with Crippen molar-refractivity contribution in [3.8, 4) is 0 Å². The number of anilines is 2. The van der Waals surface area contributed by atoms with Crippen LogP contribution in [0.5, 0.6) is 0 Å². The van der Waals surface area contributed by atoms with Gasteiger partial charge >= 0.3 is 5.97 Å². The van der Waals surface area contributed by atoms with Crippen molar-refractivity contribution in [1.82, 2.24) is 0 Å². The summed E-state index contributed by atoms with van der Waals surface area (Å²) in [7, 11) is 0. The van der Waals surface area contributed by atoms with Crippen LogP contribution in [0.2, 0.25) is 0 Å². The maximum atomic E-state index is 12.1. The first-order valence-electron chi connectivity index (χ1n) is 5.13. The van der Waals surface area contributed by atoms with Gasteiger partial charge in [0.15, 0.2) is 0 Å². The van der Waals surface area contributed by atoms with E-state index < -0.39 is 18.9 Å². The van der Waals surface area contributed by atoms with Crippen molar-refractivity contribution in [2.45, 2.75) is 13.3 Å². The number of hydrogen-bond acceptors (Lipinski definition) is 4. The van der Waals surface area contributed by atoms with E-state index in [0.717, 1.165) is 0 Å². The summed E-state index contributed by atoms with van der Waals surface area (Å²) in [6.45, 7) is 1.34. The normalized spacial score (nSPS) is 10.4. The third-order valence-corrected chi connectivity index (χ3v) is 1.99. The summed E-state index contributed by atoms with van der Waals surface area (Å²) in [6, 6.07) is 4.40. The van der Waals surface area contributed by atoms with E-state index in [-0.39, 0.29) is 17.9 Å². The summed E-state index contributed by atoms with van der Waals surface area (Å²) >= 11 is 0. The molecule has 0 atom stereocenters. The first kappa shape index (κ1) is 13.2. The van der Waals surface area contributed by atoms with Crippen LogP contribution in [0, 0.1) is 0 Å². The first-order chi connectivity index (χ1) is 8.04. The predicted octanol–water partition coefficient (Wildman–Crippen LogP) is 2.12. The van der Waals surface area contributed by atoms with Gasteiger partial charge in [-0.25, -0.2) is 13.6 Å². The monoisotopic (exact) mass is 244 g/mol. The molecule has 1 aromatic rings. The van der Waals surface area contributed by atoms with Crippen LogP contribution in [0.3, 0.4) is 0 Å². The molecule has 0 unspecified atom stereocenters. The molecule has 0 aliphatic carbocycles. The molecule has 6 heteroatoms. The van der Waals surface area contributed by atoms with E-state index in [1.165, 1.54) is 18.2 Å². The van der Waals surface area contributed by atoms with E-state index in [4.69, 9.17) is 10.5 Å². The van der Waals surface area contributed by atoms with Crippen LogP contribution < -0.4 is 11.1 Å². The van der Waals surface area contributed by atoms with Gasteiger partial charge in [-0.05, 0) is 25.1 Å². The molecule has 0 saturated heterocycles. The van der Waals surface area contributed by atoms with Crippen LogP contribution in [0.4, 0.5) is 20.2 Å². The number of esters is 1. The highest BCUT2D eigenvalue weighted by Gasteiger charge is 2.14. The second-order valence-electron chi connectivity index (χ2n) is 3.30. The van der Waals surface area contributed by atoms with Gasteiger partial charge < -0.3 is 15.8 Å². The molecule has 0 spiro atoms. The topological polar surface area (TPSA) is 64.3 Å². The lowest BCUT2D eigenvalue weighted by molar-refractivity contribution is 0.0527. The maximum absolute atomic E-state index is 12.1. The quantitative estimate of drug-likeness (QED) is 0.615. The first-order valence-corrected chi connectivity index (χ1v) is 5.13. The molecule has 0 aliphatic heterocycles. The summed E-state index contributed by atoms with van der Waals surface area (Å²) in [6.07, 6.45) is -2.50. The van der Waals surface area contributed by atoms with Crippen LogP contribution in [0.25, 0.3) is 0 Å². The fourth-order valence-electron chi connectivity index (χ4n) is 1.28. The fraction of sp³-hybridized carbons (Fsp3) is 0.364. The number of alkyl halides is 2. The molecule has 0 radical (unpaired) electrons. The summed E-state index contributed by atoms with van der Waals surface area (Å²) < 4.78 is 29.0. The maximum Gasteiger partial charge on any atom is 0.340 e. The molecule has 0 aliphatic rings. The summed E-state index contributed by atoms with van der Waals surface area (Å²) in [4.78, 5) is 11.6. The van der Waals surface area contributed by atoms with Crippen molar-refractivity contribution in [2.24, 2.45) is 0 Å². The zero-order valence-electron chi connectivity index (χ0n) is 9.37. The van der Waals surface area contributed by atoms with Crippen molar-refractivity contribution in [1.29, 1.82) is 0 Å². The third kappa shape index (κ3) is 3.90. The van der Waals surface area contributed by atoms with Crippen molar-refractivity contribution < 1.29 is 18.3 Å². The minimum absolute atomic E-state index is 0.160. The van der Waals surface area contributed by atoms with Gasteiger partial charge in [0.2, 0.25) is 0 Å². The van der Waals surface area contributed by atoms with Gasteiger partial charge in [0.1, 0.15) is 0 Å². The second-order valence-corrected chi connectivity index (χ2v) is 3.30. The van der Waals surface area contributed by atoms with Crippen LogP contribution in [0.1, 0.15) is 17.3 Å². The molecule has 1 aromatic carbocycles. The van der Waals surface area contributed by atoms with Gasteiger partial charge in [-0.2, -0.15) is 0 Å². The number of ether oxygens (including phenoxy) is 1. The van der Waals surface area contributed by atoms with E-state index in [1.807, 2.05) is 0 Å². The van der Waals surface area contributed by atoms with Crippen molar-refractivity contribution in [3.05, 3.63) is 23.8 Å². The number of hydrogen-bond donors (Lipinski definition) is 2. The van der Waals surface area contributed by atoms with Crippen LogP contribution in [0.15, 0.2) is 18.2 Å². The van der Waals surface area contributed by atoms with Gasteiger partial charge in [0, 0.05) is 11.4 Å². The molecule has 0 heterocycles. The number of halogens is 2. The third-order valence-electron chi connectivity index (χ3n) is 1.99. The number of rotatable bonds is 5. The van der Waals surface area contributed by atoms with E-state index >= 15 is 0 Å². The lowest BCUT2D eigenvalue weighted by Crippen LogP contribution is -2.15. The van der Waals surface area contributed by atoms with E-state index in [2.05, 4.69) is 5.32 Å². The van der Waals surface area contributed by atoms with Gasteiger partial charge in [-0.3, -0.25) is 0 Å². The Morgan fingerprint density at radius 1 is 1.53 bits per heavy atom. The highest BCUT2D eigenvalue weighted by molar-refractivity contribution is 5.96. The predicted molar refractivity (Wildman–Crippen MR) is 61.3 cm³/mol. The van der Waals surface area contributed by atoms with Crippen molar-refractivity contribution >= 4 is 17.3 Å². The molecule has 94 valence electrons. The second kappa shape index (κ2) is 6.03. The zero-order chi connectivity index (χ0) is 12.8. The largest absolute Gasteiger partial charge is 0.462 e. The zero-order valence-corrected chi connectivity index (χ0v) is 9.37. The Labute approximate surface area is 97.8 Å². The molecule has 0 bridgehead atoms. The standard InChI is InChI=1S/C11H14F2N2O2/c1-2-17-11(16)8-5-7(14)3-4-9(8)15-6-10(12)13/h3-5,10,15H,2,6,14H2,1H3. The molecular weight excluding hydrogens is 230 g/mol. The Bertz CT molecular complexity index is 397. The van der Waals surface area contributed by atoms with Gasteiger partial charge in [0.05, 0.1) is 18.7 Å². The van der Waals surface area contributed by atoms with Gasteiger partial charge in [-0.1, -0.05) is 0 Å². The molecule has 4 nitrogen and oxygen atoms in total. The summed E-state index contributed by atoms with van der Waals surface area (Å²) in [5.41, 5.74) is 6.35. The molecule has 3 N–H and O–H groups in total. The lowest BCUT2D eigenvalue weighted by Gasteiger charge is -2.11. The van der Waals surface area contributed by atoms with Crippen molar-refractivity contribution in [2.75, 3.05) is 24.2 Å². The molecular formula is C11H14F2N2O2. The number of carbonyl (C=O) groups excluding carboxylic acids is 1. The van der Waals surface area contributed by atoms with E-state index in [1.54, 1.807) is 6.92 Å².